The lowest BCUT2D eigenvalue weighted by Crippen LogP contribution is -2.42. The highest BCUT2D eigenvalue weighted by atomic mass is 16.5. The van der Waals surface area contributed by atoms with Crippen molar-refractivity contribution in [3.8, 4) is 0 Å². The van der Waals surface area contributed by atoms with Crippen LogP contribution < -0.4 is 10.6 Å². The van der Waals surface area contributed by atoms with Crippen LogP contribution in [0.25, 0.3) is 0 Å². The number of amides is 1. The highest BCUT2D eigenvalue weighted by Crippen LogP contribution is 2.30. The third-order valence-corrected chi connectivity index (χ3v) is 3.29. The van der Waals surface area contributed by atoms with Gasteiger partial charge in [-0.1, -0.05) is 0 Å². The van der Waals surface area contributed by atoms with Crippen molar-refractivity contribution in [1.29, 1.82) is 0 Å². The number of fused-ring (bicyclic) bond motifs is 2. The van der Waals surface area contributed by atoms with Crippen molar-refractivity contribution in [2.24, 2.45) is 5.92 Å². The van der Waals surface area contributed by atoms with Crippen LogP contribution in [0.4, 0.5) is 4.79 Å². The van der Waals surface area contributed by atoms with Crippen LogP contribution in [0.3, 0.4) is 0 Å². The van der Waals surface area contributed by atoms with Crippen LogP contribution in [-0.4, -0.2) is 31.8 Å². The largest absolute Gasteiger partial charge is 0.453 e. The van der Waals surface area contributed by atoms with Gasteiger partial charge in [0.1, 0.15) is 0 Å². The highest BCUT2D eigenvalue weighted by Gasteiger charge is 2.33. The van der Waals surface area contributed by atoms with E-state index < -0.39 is 0 Å². The molecule has 2 saturated heterocycles. The summed E-state index contributed by atoms with van der Waals surface area (Å²) >= 11 is 0. The average Bonchev–Trinajstić information content (AvgIpc) is 2.54. The Kier molecular flexibility index (Phi) is 2.91. The van der Waals surface area contributed by atoms with Gasteiger partial charge in [-0.15, -0.1) is 0 Å². The van der Waals surface area contributed by atoms with Gasteiger partial charge in [0, 0.05) is 18.6 Å². The lowest BCUT2D eigenvalue weighted by Gasteiger charge is -2.28. The summed E-state index contributed by atoms with van der Waals surface area (Å²) in [5.41, 5.74) is 0. The standard InChI is InChI=1S/C10H18N2O2/c1-14-10(13)11-6-7-4-8-2-3-9(5-7)12-8/h7-9,12H,2-6H2,1H3,(H,11,13). The molecular weight excluding hydrogens is 180 g/mol. The van der Waals surface area contributed by atoms with Crippen molar-refractivity contribution in [2.75, 3.05) is 13.7 Å². The molecule has 0 aromatic carbocycles. The lowest BCUT2D eigenvalue weighted by atomic mass is 9.92. The SMILES string of the molecule is COC(=O)NCC1CC2CCC(C1)N2. The molecule has 1 amide bonds. The fourth-order valence-corrected chi connectivity index (χ4v) is 2.64. The number of carbonyl (C=O) groups is 1. The highest BCUT2D eigenvalue weighted by molar-refractivity contribution is 5.66. The first-order chi connectivity index (χ1) is 6.78. The van der Waals surface area contributed by atoms with E-state index in [0.29, 0.717) is 18.0 Å². The maximum atomic E-state index is 10.9. The molecule has 0 saturated carbocycles. The second kappa shape index (κ2) is 4.17. The Morgan fingerprint density at radius 1 is 1.43 bits per heavy atom. The number of rotatable bonds is 2. The van der Waals surface area contributed by atoms with Gasteiger partial charge < -0.3 is 15.4 Å². The number of alkyl carbamates (subject to hydrolysis) is 1. The Morgan fingerprint density at radius 3 is 2.64 bits per heavy atom. The maximum absolute atomic E-state index is 10.9. The summed E-state index contributed by atoms with van der Waals surface area (Å²) in [5, 5.41) is 6.36. The van der Waals surface area contributed by atoms with Gasteiger partial charge in [0.05, 0.1) is 7.11 Å². The number of nitrogens with one attached hydrogen (secondary N) is 2. The van der Waals surface area contributed by atoms with E-state index in [1.165, 1.54) is 32.8 Å². The van der Waals surface area contributed by atoms with Crippen LogP contribution in [0.1, 0.15) is 25.7 Å². The van der Waals surface area contributed by atoms with Crippen LogP contribution in [0.5, 0.6) is 0 Å². The summed E-state index contributed by atoms with van der Waals surface area (Å²) in [7, 11) is 1.40. The molecule has 0 spiro atoms. The first kappa shape index (κ1) is 9.77. The minimum absolute atomic E-state index is 0.309. The Hall–Kier alpha value is -0.770. The molecule has 80 valence electrons. The van der Waals surface area contributed by atoms with Crippen molar-refractivity contribution in [3.63, 3.8) is 0 Å². The molecule has 2 aliphatic heterocycles. The average molecular weight is 198 g/mol. The molecule has 0 radical (unpaired) electrons. The molecule has 4 nitrogen and oxygen atoms in total. The van der Waals surface area contributed by atoms with Gasteiger partial charge in [-0.05, 0) is 31.6 Å². The Bertz CT molecular complexity index is 208. The van der Waals surface area contributed by atoms with E-state index in [-0.39, 0.29) is 6.09 Å². The summed E-state index contributed by atoms with van der Waals surface area (Å²) in [4.78, 5) is 10.9. The zero-order chi connectivity index (χ0) is 9.97. The van der Waals surface area contributed by atoms with Gasteiger partial charge in [-0.3, -0.25) is 0 Å². The first-order valence-electron chi connectivity index (χ1n) is 5.36. The van der Waals surface area contributed by atoms with E-state index in [1.54, 1.807) is 0 Å². The molecule has 2 rings (SSSR count). The second-order valence-corrected chi connectivity index (χ2v) is 4.35. The summed E-state index contributed by atoms with van der Waals surface area (Å²) in [6.45, 7) is 0.765. The fourth-order valence-electron chi connectivity index (χ4n) is 2.64. The van der Waals surface area contributed by atoms with E-state index in [9.17, 15) is 4.79 Å². The summed E-state index contributed by atoms with van der Waals surface area (Å²) < 4.78 is 4.54. The Balaban J connectivity index is 1.74. The number of hydrogen-bond acceptors (Lipinski definition) is 3. The predicted molar refractivity (Wildman–Crippen MR) is 53.1 cm³/mol. The topological polar surface area (TPSA) is 50.4 Å². The Labute approximate surface area is 84.4 Å². The molecule has 0 aliphatic carbocycles. The molecule has 2 heterocycles. The molecule has 2 aliphatic rings. The van der Waals surface area contributed by atoms with Crippen molar-refractivity contribution in [1.82, 2.24) is 10.6 Å². The number of methoxy groups -OCH3 is 1. The normalized spacial score (nSPS) is 35.4. The van der Waals surface area contributed by atoms with Gasteiger partial charge in [-0.2, -0.15) is 0 Å². The van der Waals surface area contributed by atoms with E-state index in [1.807, 2.05) is 0 Å². The minimum atomic E-state index is -0.309. The molecule has 2 bridgehead atoms. The van der Waals surface area contributed by atoms with E-state index in [4.69, 9.17) is 0 Å². The van der Waals surface area contributed by atoms with Crippen molar-refractivity contribution in [3.05, 3.63) is 0 Å². The molecule has 14 heavy (non-hydrogen) atoms. The lowest BCUT2D eigenvalue weighted by molar-refractivity contribution is 0.166. The zero-order valence-corrected chi connectivity index (χ0v) is 8.58. The quantitative estimate of drug-likeness (QED) is 0.692. The van der Waals surface area contributed by atoms with Crippen molar-refractivity contribution < 1.29 is 9.53 Å². The summed E-state index contributed by atoms with van der Waals surface area (Å²) in [6.07, 6.45) is 4.69. The summed E-state index contributed by atoms with van der Waals surface area (Å²) in [5.74, 6) is 0.632. The maximum Gasteiger partial charge on any atom is 0.406 e. The van der Waals surface area contributed by atoms with Gasteiger partial charge in [0.15, 0.2) is 0 Å². The molecule has 2 N–H and O–H groups in total. The molecule has 2 fully saturated rings. The van der Waals surface area contributed by atoms with Crippen LogP contribution >= 0.6 is 0 Å². The predicted octanol–water partition coefficient (Wildman–Crippen LogP) is 0.873. The van der Waals surface area contributed by atoms with Crippen molar-refractivity contribution >= 4 is 6.09 Å². The van der Waals surface area contributed by atoms with Crippen molar-refractivity contribution in [2.45, 2.75) is 37.8 Å². The monoisotopic (exact) mass is 198 g/mol. The van der Waals surface area contributed by atoms with Gasteiger partial charge in [0.2, 0.25) is 0 Å². The smallest absolute Gasteiger partial charge is 0.406 e. The van der Waals surface area contributed by atoms with Crippen LogP contribution in [0, 0.1) is 5.92 Å². The van der Waals surface area contributed by atoms with E-state index >= 15 is 0 Å². The number of carbonyl (C=O) groups excluding carboxylic acids is 1. The number of hydrogen-bond donors (Lipinski definition) is 2. The number of piperidine rings is 1. The third-order valence-electron chi connectivity index (χ3n) is 3.29. The van der Waals surface area contributed by atoms with Gasteiger partial charge in [0.25, 0.3) is 0 Å². The molecule has 0 aromatic rings. The third kappa shape index (κ3) is 2.18. The Morgan fingerprint density at radius 2 is 2.07 bits per heavy atom. The second-order valence-electron chi connectivity index (χ2n) is 4.35. The molecule has 4 heteroatoms. The fraction of sp³-hybridized carbons (Fsp3) is 0.900. The van der Waals surface area contributed by atoms with Gasteiger partial charge >= 0.3 is 6.09 Å². The zero-order valence-electron chi connectivity index (χ0n) is 8.58. The molecule has 2 unspecified atom stereocenters. The van der Waals surface area contributed by atoms with E-state index in [0.717, 1.165) is 6.54 Å². The van der Waals surface area contributed by atoms with Gasteiger partial charge in [-0.25, -0.2) is 4.79 Å². The molecular formula is C10H18N2O2. The first-order valence-corrected chi connectivity index (χ1v) is 5.36. The van der Waals surface area contributed by atoms with Crippen LogP contribution in [0.15, 0.2) is 0 Å². The summed E-state index contributed by atoms with van der Waals surface area (Å²) in [6, 6.07) is 1.39. The molecule has 0 aromatic heterocycles. The minimum Gasteiger partial charge on any atom is -0.453 e. The van der Waals surface area contributed by atoms with Crippen LogP contribution in [0.2, 0.25) is 0 Å². The molecule has 2 atom stereocenters. The number of ether oxygens (including phenoxy) is 1. The van der Waals surface area contributed by atoms with Crippen LogP contribution in [-0.2, 0) is 4.74 Å². The van der Waals surface area contributed by atoms with E-state index in [2.05, 4.69) is 15.4 Å².